The molecule has 29 heavy (non-hydrogen) atoms. The average molecular weight is 459 g/mol. The normalized spacial score (nSPS) is 17.2. The Morgan fingerprint density at radius 2 is 1.59 bits per heavy atom. The molecule has 176 valence electrons. The van der Waals surface area contributed by atoms with Crippen LogP contribution >= 0.6 is 12.4 Å². The summed E-state index contributed by atoms with van der Waals surface area (Å²) < 4.78 is 37.6. The van der Waals surface area contributed by atoms with Gasteiger partial charge in [-0.3, -0.25) is 4.79 Å². The van der Waals surface area contributed by atoms with Gasteiger partial charge in [-0.05, 0) is 39.0 Å². The van der Waals surface area contributed by atoms with E-state index < -0.39 is 33.7 Å². The summed E-state index contributed by atoms with van der Waals surface area (Å²) in [6, 6.07) is -0.709. The molecule has 4 atom stereocenters. The van der Waals surface area contributed by atoms with Crippen LogP contribution in [0.2, 0.25) is 0 Å². The summed E-state index contributed by atoms with van der Waals surface area (Å²) in [6.07, 6.45) is 1.17. The van der Waals surface area contributed by atoms with E-state index in [-0.39, 0.29) is 43.0 Å². The molecule has 0 bridgehead atoms. The van der Waals surface area contributed by atoms with E-state index in [1.165, 1.54) is 10.6 Å². The number of halogens is 1. The van der Waals surface area contributed by atoms with Crippen LogP contribution in [0.5, 0.6) is 0 Å². The Labute approximate surface area is 184 Å². The van der Waals surface area contributed by atoms with Crippen LogP contribution < -0.4 is 5.73 Å². The van der Waals surface area contributed by atoms with Crippen LogP contribution in [-0.2, 0) is 24.3 Å². The van der Waals surface area contributed by atoms with Crippen molar-refractivity contribution in [3.63, 3.8) is 0 Å². The summed E-state index contributed by atoms with van der Waals surface area (Å²) in [4.78, 5) is 12.3. The molecule has 9 heteroatoms. The number of hydrogen-bond donors (Lipinski definition) is 1. The lowest BCUT2D eigenvalue weighted by Gasteiger charge is -2.38. The molecule has 0 aromatic carbocycles. The minimum atomic E-state index is -3.47. The number of esters is 1. The van der Waals surface area contributed by atoms with Gasteiger partial charge in [0.1, 0.15) is 18.8 Å². The second-order valence-electron chi connectivity index (χ2n) is 9.77. The third kappa shape index (κ3) is 11.0. The zero-order valence-corrected chi connectivity index (χ0v) is 21.4. The van der Waals surface area contributed by atoms with Crippen LogP contribution in [0.25, 0.3) is 0 Å². The summed E-state index contributed by atoms with van der Waals surface area (Å²) in [5.41, 5.74) is 5.17. The van der Waals surface area contributed by atoms with Gasteiger partial charge in [-0.15, -0.1) is 12.4 Å². The maximum Gasteiger partial charge on any atom is 0.323 e. The van der Waals surface area contributed by atoms with Crippen LogP contribution in [0.15, 0.2) is 0 Å². The Morgan fingerprint density at radius 3 is 1.93 bits per heavy atom. The summed E-state index contributed by atoms with van der Waals surface area (Å²) in [5, 5.41) is 0. The fourth-order valence-corrected chi connectivity index (χ4v) is 3.91. The van der Waals surface area contributed by atoms with Gasteiger partial charge in [-0.2, -0.15) is 4.31 Å². The number of rotatable bonds is 10. The second kappa shape index (κ2) is 11.8. The highest BCUT2D eigenvalue weighted by Crippen LogP contribution is 2.25. The van der Waals surface area contributed by atoms with Gasteiger partial charge in [0.2, 0.25) is 10.0 Å². The smallest absolute Gasteiger partial charge is 0.323 e. The zero-order chi connectivity index (χ0) is 22.5. The maximum absolute atomic E-state index is 12.3. The third-order valence-electron chi connectivity index (χ3n) is 5.07. The van der Waals surface area contributed by atoms with Gasteiger partial charge in [0.05, 0.1) is 12.4 Å². The first-order valence-corrected chi connectivity index (χ1v) is 11.8. The van der Waals surface area contributed by atoms with E-state index in [9.17, 15) is 13.2 Å². The number of hydrogen-bond acceptors (Lipinski definition) is 6. The first-order chi connectivity index (χ1) is 12.4. The topological polar surface area (TPSA) is 98.9 Å². The average Bonchev–Trinajstić information content (AvgIpc) is 2.51. The van der Waals surface area contributed by atoms with Crippen LogP contribution in [0.1, 0.15) is 68.7 Å². The number of carbonyl (C=O) groups excluding carboxylic acids is 1. The molecule has 0 saturated carbocycles. The van der Waals surface area contributed by atoms with E-state index in [0.29, 0.717) is 0 Å². The zero-order valence-electron chi connectivity index (χ0n) is 19.8. The molecule has 0 aliphatic carbocycles. The number of carbonyl (C=O) groups is 1. The molecule has 0 heterocycles. The van der Waals surface area contributed by atoms with Gasteiger partial charge in [0.25, 0.3) is 0 Å². The molecular weight excluding hydrogens is 416 g/mol. The third-order valence-corrected chi connectivity index (χ3v) is 6.57. The van der Waals surface area contributed by atoms with Crippen LogP contribution in [0.3, 0.4) is 0 Å². The number of nitrogens with two attached hydrogens (primary N) is 1. The minimum absolute atomic E-state index is 0. The van der Waals surface area contributed by atoms with Crippen molar-refractivity contribution < 1.29 is 22.7 Å². The van der Waals surface area contributed by atoms with E-state index in [2.05, 4.69) is 0 Å². The summed E-state index contributed by atoms with van der Waals surface area (Å²) >= 11 is 0. The second-order valence-corrected chi connectivity index (χ2v) is 11.7. The summed E-state index contributed by atoms with van der Waals surface area (Å²) in [6.45, 7) is 17.4. The molecule has 0 unspecified atom stereocenters. The molecule has 0 spiro atoms. The molecule has 0 aromatic heterocycles. The van der Waals surface area contributed by atoms with E-state index in [1.54, 1.807) is 0 Å². The van der Waals surface area contributed by atoms with Crippen molar-refractivity contribution in [1.82, 2.24) is 4.31 Å². The van der Waals surface area contributed by atoms with Gasteiger partial charge in [-0.1, -0.05) is 41.0 Å². The van der Waals surface area contributed by atoms with E-state index >= 15 is 0 Å². The lowest BCUT2D eigenvalue weighted by Crippen LogP contribution is -2.51. The molecule has 0 aliphatic rings. The Morgan fingerprint density at radius 1 is 1.10 bits per heavy atom. The molecule has 2 N–H and O–H groups in total. The van der Waals surface area contributed by atoms with Crippen LogP contribution in [-0.4, -0.2) is 61.9 Å². The van der Waals surface area contributed by atoms with Crippen molar-refractivity contribution in [1.29, 1.82) is 0 Å². The fourth-order valence-electron chi connectivity index (χ4n) is 2.48. The Bertz CT molecular complexity index is 599. The highest BCUT2D eigenvalue weighted by Gasteiger charge is 2.35. The highest BCUT2D eigenvalue weighted by molar-refractivity contribution is 7.88. The van der Waals surface area contributed by atoms with Crippen molar-refractivity contribution in [2.75, 3.05) is 19.4 Å². The maximum atomic E-state index is 12.3. The largest absolute Gasteiger partial charge is 0.462 e. The number of nitrogens with zero attached hydrogens (tertiary/aromatic N) is 1. The first kappa shape index (κ1) is 30.8. The molecule has 0 aliphatic heterocycles. The van der Waals surface area contributed by atoms with Crippen molar-refractivity contribution >= 4 is 28.4 Å². The van der Waals surface area contributed by atoms with E-state index in [1.807, 2.05) is 62.3 Å². The Kier molecular flexibility index (Phi) is 12.6. The number of ether oxygens (including phenoxy) is 2. The monoisotopic (exact) mass is 458 g/mol. The molecule has 0 amide bonds. The summed E-state index contributed by atoms with van der Waals surface area (Å²) in [7, 11) is -3.47. The Balaban J connectivity index is 0. The van der Waals surface area contributed by atoms with Crippen LogP contribution in [0.4, 0.5) is 0 Å². The molecule has 7 nitrogen and oxygen atoms in total. The first-order valence-electron chi connectivity index (χ1n) is 9.96. The lowest BCUT2D eigenvalue weighted by molar-refractivity contribution is -0.155. The van der Waals surface area contributed by atoms with E-state index in [0.717, 1.165) is 6.42 Å². The highest BCUT2D eigenvalue weighted by atomic mass is 35.5. The van der Waals surface area contributed by atoms with Gasteiger partial charge in [-0.25, -0.2) is 8.42 Å². The van der Waals surface area contributed by atoms with E-state index in [4.69, 9.17) is 15.2 Å². The predicted octanol–water partition coefficient (Wildman–Crippen LogP) is 3.20. The van der Waals surface area contributed by atoms with Gasteiger partial charge < -0.3 is 15.2 Å². The molecule has 0 aromatic rings. The van der Waals surface area contributed by atoms with Crippen molar-refractivity contribution in [3.8, 4) is 0 Å². The molecular formula is C20H43ClN2O5S. The standard InChI is InChI=1S/C20H42N2O5S.ClH/c1-11-14(2)17(21)18(23)26-13-16(27-15(3)19(4,5)6)12-22(20(7,8)9)28(10,24)25;/h14-17H,11-13,21H2,1-10H3;1H/t14-,15-,16-,17-;/m0./s1. The van der Waals surface area contributed by atoms with Crippen molar-refractivity contribution in [2.24, 2.45) is 17.1 Å². The van der Waals surface area contributed by atoms with Gasteiger partial charge in [0.15, 0.2) is 0 Å². The Hall–Kier alpha value is -0.410. The van der Waals surface area contributed by atoms with Gasteiger partial charge >= 0.3 is 5.97 Å². The van der Waals surface area contributed by atoms with Crippen LogP contribution in [0, 0.1) is 11.3 Å². The predicted molar refractivity (Wildman–Crippen MR) is 121 cm³/mol. The molecule has 0 radical (unpaired) electrons. The molecule has 0 rings (SSSR count). The van der Waals surface area contributed by atoms with Crippen molar-refractivity contribution in [3.05, 3.63) is 0 Å². The molecule has 0 saturated heterocycles. The lowest BCUT2D eigenvalue weighted by atomic mass is 9.90. The molecule has 0 fully saturated rings. The quantitative estimate of drug-likeness (QED) is 0.504. The minimum Gasteiger partial charge on any atom is -0.462 e. The SMILES string of the molecule is CC[C@H](C)[C@H](N)C(=O)OC[C@H](CN(C(C)(C)C)S(C)(=O)=O)O[C@@H](C)C(C)(C)C.Cl. The summed E-state index contributed by atoms with van der Waals surface area (Å²) in [5.74, 6) is -0.490. The van der Waals surface area contributed by atoms with Gasteiger partial charge in [0, 0.05) is 12.1 Å². The van der Waals surface area contributed by atoms with Crippen molar-refractivity contribution in [2.45, 2.75) is 92.5 Å². The number of sulfonamides is 1. The fraction of sp³-hybridized carbons (Fsp3) is 0.950.